The lowest BCUT2D eigenvalue weighted by Crippen LogP contribution is -2.39. The average Bonchev–Trinajstić information content (AvgIpc) is 2.38. The summed E-state index contributed by atoms with van der Waals surface area (Å²) < 4.78 is 43.5. The van der Waals surface area contributed by atoms with Crippen LogP contribution in [0.5, 0.6) is 5.75 Å². The van der Waals surface area contributed by atoms with Crippen LogP contribution in [0.4, 0.5) is 13.2 Å². The van der Waals surface area contributed by atoms with E-state index in [1.54, 1.807) is 12.1 Å². The van der Waals surface area contributed by atoms with Crippen LogP contribution in [0.2, 0.25) is 0 Å². The molecule has 0 saturated heterocycles. The molecule has 2 unspecified atom stereocenters. The number of hydrogen-bond acceptors (Lipinski definition) is 3. The molecule has 2 atom stereocenters. The molecule has 2 rings (SSSR count). The van der Waals surface area contributed by atoms with Crippen molar-refractivity contribution in [2.45, 2.75) is 37.5 Å². The number of methoxy groups -OCH3 is 1. The predicted molar refractivity (Wildman–Crippen MR) is 62.7 cm³/mol. The molecule has 6 heteroatoms. The van der Waals surface area contributed by atoms with Gasteiger partial charge >= 0.3 is 6.18 Å². The van der Waals surface area contributed by atoms with Gasteiger partial charge in [0.2, 0.25) is 0 Å². The van der Waals surface area contributed by atoms with Gasteiger partial charge in [0, 0.05) is 6.20 Å². The van der Waals surface area contributed by atoms with Gasteiger partial charge in [0.05, 0.1) is 13.0 Å². The van der Waals surface area contributed by atoms with E-state index in [9.17, 15) is 18.3 Å². The fourth-order valence-electron chi connectivity index (χ4n) is 2.65. The number of pyridine rings is 1. The van der Waals surface area contributed by atoms with E-state index in [-0.39, 0.29) is 25.0 Å². The smallest absolute Gasteiger partial charge is 0.391 e. The molecular formula is C13H16F3NO2. The molecule has 1 aromatic rings. The third kappa shape index (κ3) is 2.83. The lowest BCUT2D eigenvalue weighted by molar-refractivity contribution is -0.202. The van der Waals surface area contributed by atoms with Crippen LogP contribution in [0.1, 0.15) is 31.4 Å². The highest BCUT2D eigenvalue weighted by Gasteiger charge is 2.48. The van der Waals surface area contributed by atoms with E-state index in [0.717, 1.165) is 0 Å². The zero-order valence-electron chi connectivity index (χ0n) is 10.6. The van der Waals surface area contributed by atoms with Crippen LogP contribution < -0.4 is 4.74 Å². The van der Waals surface area contributed by atoms with Crippen LogP contribution in [0, 0.1) is 5.92 Å². The number of rotatable bonds is 2. The largest absolute Gasteiger partial charge is 0.495 e. The maximum atomic E-state index is 12.8. The number of aromatic nitrogens is 1. The van der Waals surface area contributed by atoms with Crippen LogP contribution in [-0.4, -0.2) is 23.4 Å². The lowest BCUT2D eigenvalue weighted by Gasteiger charge is -2.37. The first kappa shape index (κ1) is 14.1. The van der Waals surface area contributed by atoms with Crippen LogP contribution in [0.3, 0.4) is 0 Å². The molecule has 1 fully saturated rings. The quantitative estimate of drug-likeness (QED) is 0.902. The Balaban J connectivity index is 2.31. The number of hydrogen-bond donors (Lipinski definition) is 1. The average molecular weight is 275 g/mol. The number of aliphatic hydroxyl groups is 1. The Morgan fingerprint density at radius 1 is 1.47 bits per heavy atom. The van der Waals surface area contributed by atoms with E-state index in [1.807, 2.05) is 0 Å². The standard InChI is InChI=1S/C13H16F3NO2/c1-19-10-5-3-7-17-11(10)12(18)6-2-4-9(8-12)13(14,15)16/h3,5,7,9,18H,2,4,6,8H2,1H3. The monoisotopic (exact) mass is 275 g/mol. The zero-order valence-corrected chi connectivity index (χ0v) is 10.6. The summed E-state index contributed by atoms with van der Waals surface area (Å²) in [6, 6.07) is 3.22. The number of ether oxygens (including phenoxy) is 1. The van der Waals surface area contributed by atoms with Crippen molar-refractivity contribution in [2.75, 3.05) is 7.11 Å². The molecule has 0 radical (unpaired) electrons. The minimum atomic E-state index is -4.28. The molecule has 19 heavy (non-hydrogen) atoms. The topological polar surface area (TPSA) is 42.4 Å². The van der Waals surface area contributed by atoms with Gasteiger partial charge in [-0.3, -0.25) is 4.98 Å². The molecule has 1 aliphatic rings. The van der Waals surface area contributed by atoms with Gasteiger partial charge in [0.25, 0.3) is 0 Å². The van der Waals surface area contributed by atoms with Gasteiger partial charge in [0.1, 0.15) is 17.0 Å². The van der Waals surface area contributed by atoms with Gasteiger partial charge in [-0.15, -0.1) is 0 Å². The second-order valence-electron chi connectivity index (χ2n) is 4.92. The Morgan fingerprint density at radius 3 is 2.84 bits per heavy atom. The van der Waals surface area contributed by atoms with Gasteiger partial charge in [-0.1, -0.05) is 0 Å². The van der Waals surface area contributed by atoms with Crippen molar-refractivity contribution in [3.05, 3.63) is 24.0 Å². The van der Waals surface area contributed by atoms with Gasteiger partial charge < -0.3 is 9.84 Å². The number of alkyl halides is 3. The van der Waals surface area contributed by atoms with Crippen molar-refractivity contribution in [1.82, 2.24) is 4.98 Å². The first-order valence-electron chi connectivity index (χ1n) is 6.15. The molecular weight excluding hydrogens is 259 g/mol. The van der Waals surface area contributed by atoms with Gasteiger partial charge in [-0.05, 0) is 37.8 Å². The van der Waals surface area contributed by atoms with Gasteiger partial charge in [-0.2, -0.15) is 13.2 Å². The van der Waals surface area contributed by atoms with E-state index in [4.69, 9.17) is 4.74 Å². The molecule has 3 nitrogen and oxygen atoms in total. The molecule has 1 aromatic heterocycles. The normalized spacial score (nSPS) is 28.2. The molecule has 1 N–H and O–H groups in total. The fraction of sp³-hybridized carbons (Fsp3) is 0.615. The summed E-state index contributed by atoms with van der Waals surface area (Å²) in [5, 5.41) is 10.5. The first-order valence-corrected chi connectivity index (χ1v) is 6.15. The molecule has 0 aliphatic heterocycles. The van der Waals surface area contributed by atoms with Crippen molar-refractivity contribution in [1.29, 1.82) is 0 Å². The molecule has 1 heterocycles. The van der Waals surface area contributed by atoms with E-state index in [1.165, 1.54) is 13.3 Å². The molecule has 0 bridgehead atoms. The van der Waals surface area contributed by atoms with Crippen LogP contribution >= 0.6 is 0 Å². The van der Waals surface area contributed by atoms with E-state index >= 15 is 0 Å². The Labute approximate surface area is 109 Å². The molecule has 0 amide bonds. The predicted octanol–water partition coefficient (Wildman–Crippen LogP) is 3.03. The van der Waals surface area contributed by atoms with Crippen molar-refractivity contribution in [3.63, 3.8) is 0 Å². The summed E-state index contributed by atoms with van der Waals surface area (Å²) in [6.07, 6.45) is -2.54. The molecule has 1 aliphatic carbocycles. The highest BCUT2D eigenvalue weighted by molar-refractivity contribution is 5.32. The van der Waals surface area contributed by atoms with Crippen molar-refractivity contribution in [2.24, 2.45) is 5.92 Å². The Morgan fingerprint density at radius 2 is 2.21 bits per heavy atom. The Bertz CT molecular complexity index is 450. The summed E-state index contributed by atoms with van der Waals surface area (Å²) in [6.45, 7) is 0. The second-order valence-corrected chi connectivity index (χ2v) is 4.92. The number of nitrogens with zero attached hydrogens (tertiary/aromatic N) is 1. The third-order valence-corrected chi connectivity index (χ3v) is 3.62. The SMILES string of the molecule is COc1cccnc1C1(O)CCCC(C(F)(F)F)C1. The van der Waals surface area contributed by atoms with Gasteiger partial charge in [0.15, 0.2) is 0 Å². The van der Waals surface area contributed by atoms with E-state index in [2.05, 4.69) is 4.98 Å². The van der Waals surface area contributed by atoms with Crippen LogP contribution in [0.25, 0.3) is 0 Å². The Hall–Kier alpha value is -1.30. The minimum Gasteiger partial charge on any atom is -0.495 e. The second kappa shape index (κ2) is 5.00. The third-order valence-electron chi connectivity index (χ3n) is 3.62. The number of halogens is 3. The summed E-state index contributed by atoms with van der Waals surface area (Å²) >= 11 is 0. The highest BCUT2D eigenvalue weighted by Crippen LogP contribution is 2.47. The molecule has 0 aromatic carbocycles. The minimum absolute atomic E-state index is 0.0565. The first-order chi connectivity index (χ1) is 8.87. The van der Waals surface area contributed by atoms with E-state index < -0.39 is 17.7 Å². The summed E-state index contributed by atoms with van der Waals surface area (Å²) in [5.74, 6) is -1.16. The maximum Gasteiger partial charge on any atom is 0.391 e. The van der Waals surface area contributed by atoms with Gasteiger partial charge in [-0.25, -0.2) is 0 Å². The summed E-state index contributed by atoms with van der Waals surface area (Å²) in [5.41, 5.74) is -1.36. The fourth-order valence-corrected chi connectivity index (χ4v) is 2.65. The molecule has 106 valence electrons. The summed E-state index contributed by atoms with van der Waals surface area (Å²) in [4.78, 5) is 4.02. The Kier molecular flexibility index (Phi) is 3.71. The van der Waals surface area contributed by atoms with Crippen molar-refractivity contribution < 1.29 is 23.0 Å². The highest BCUT2D eigenvalue weighted by atomic mass is 19.4. The maximum absolute atomic E-state index is 12.8. The molecule has 1 saturated carbocycles. The van der Waals surface area contributed by atoms with Crippen LogP contribution in [-0.2, 0) is 5.60 Å². The zero-order chi connectivity index (χ0) is 14.1. The van der Waals surface area contributed by atoms with Crippen LogP contribution in [0.15, 0.2) is 18.3 Å². The van der Waals surface area contributed by atoms with Crippen molar-refractivity contribution in [3.8, 4) is 5.75 Å². The lowest BCUT2D eigenvalue weighted by atomic mass is 9.75. The molecule has 0 spiro atoms. The summed E-state index contributed by atoms with van der Waals surface area (Å²) in [7, 11) is 1.41. The van der Waals surface area contributed by atoms with E-state index in [0.29, 0.717) is 12.2 Å². The van der Waals surface area contributed by atoms with Crippen molar-refractivity contribution >= 4 is 0 Å².